The Balaban J connectivity index is 2.02. The summed E-state index contributed by atoms with van der Waals surface area (Å²) in [7, 11) is 1.69. The molecule has 0 saturated carbocycles. The number of methoxy groups -OCH3 is 1. The minimum atomic E-state index is 0.0749. The quantitative estimate of drug-likeness (QED) is 0.629. The molecule has 0 aromatic heterocycles. The van der Waals surface area contributed by atoms with Gasteiger partial charge in [0.05, 0.1) is 7.11 Å². The monoisotopic (exact) mass is 369 g/mol. The molecule has 1 N–H and O–H groups in total. The van der Waals surface area contributed by atoms with Crippen LogP contribution in [0.3, 0.4) is 0 Å². The number of rotatable bonds is 8. The molecule has 0 saturated heterocycles. The summed E-state index contributed by atoms with van der Waals surface area (Å²) in [6, 6.07) is 14.5. The highest BCUT2D eigenvalue weighted by Crippen LogP contribution is 2.30. The van der Waals surface area contributed by atoms with Crippen molar-refractivity contribution in [3.63, 3.8) is 0 Å². The van der Waals surface area contributed by atoms with Gasteiger partial charge in [0.1, 0.15) is 6.61 Å². The Labute approximate surface area is 165 Å². The Morgan fingerprint density at radius 1 is 0.926 bits per heavy atom. The summed E-state index contributed by atoms with van der Waals surface area (Å²) in [4.78, 5) is 0. The number of hydrogen-bond donors (Lipinski definition) is 1. The highest BCUT2D eigenvalue weighted by Gasteiger charge is 2.24. The molecule has 0 bridgehead atoms. The van der Waals surface area contributed by atoms with Gasteiger partial charge in [0.25, 0.3) is 0 Å². The highest BCUT2D eigenvalue weighted by molar-refractivity contribution is 5.43. The molecule has 0 spiro atoms. The van der Waals surface area contributed by atoms with Crippen LogP contribution in [-0.4, -0.2) is 12.6 Å². The topological polar surface area (TPSA) is 30.5 Å². The summed E-state index contributed by atoms with van der Waals surface area (Å²) in [6.07, 6.45) is 1.11. The lowest BCUT2D eigenvalue weighted by molar-refractivity contribution is 0.240. The number of nitrogens with one attached hydrogen (secondary N) is 1. The molecule has 0 aliphatic heterocycles. The van der Waals surface area contributed by atoms with Gasteiger partial charge in [-0.1, -0.05) is 51.1 Å². The van der Waals surface area contributed by atoms with Crippen LogP contribution in [0.1, 0.15) is 57.7 Å². The predicted molar refractivity (Wildman–Crippen MR) is 113 cm³/mol. The van der Waals surface area contributed by atoms with E-state index >= 15 is 0 Å². The molecule has 3 heteroatoms. The second-order valence-corrected chi connectivity index (χ2v) is 9.18. The first kappa shape index (κ1) is 21.3. The molecule has 0 unspecified atom stereocenters. The summed E-state index contributed by atoms with van der Waals surface area (Å²) in [5.41, 5.74) is 3.98. The van der Waals surface area contributed by atoms with E-state index in [1.54, 1.807) is 7.11 Å². The molecule has 3 nitrogen and oxygen atoms in total. The fraction of sp³-hybridized carbons (Fsp3) is 0.500. The van der Waals surface area contributed by atoms with E-state index in [1.807, 2.05) is 18.2 Å². The van der Waals surface area contributed by atoms with Crippen molar-refractivity contribution in [1.29, 1.82) is 0 Å². The molecule has 2 rings (SSSR count). The number of aryl methyl sites for hydroxylation is 1. The van der Waals surface area contributed by atoms with Crippen molar-refractivity contribution in [3.8, 4) is 11.5 Å². The van der Waals surface area contributed by atoms with Gasteiger partial charge < -0.3 is 14.8 Å². The fourth-order valence-electron chi connectivity index (χ4n) is 3.60. The van der Waals surface area contributed by atoms with E-state index in [0.29, 0.717) is 12.0 Å². The predicted octanol–water partition coefficient (Wildman–Crippen LogP) is 5.89. The average Bonchev–Trinajstić information content (AvgIpc) is 2.57. The van der Waals surface area contributed by atoms with Gasteiger partial charge in [-0.3, -0.25) is 0 Å². The molecular weight excluding hydrogens is 334 g/mol. The molecule has 0 radical (unpaired) electrons. The third kappa shape index (κ3) is 6.91. The van der Waals surface area contributed by atoms with E-state index in [9.17, 15) is 0 Å². The van der Waals surface area contributed by atoms with Crippen molar-refractivity contribution in [1.82, 2.24) is 5.32 Å². The Hall–Kier alpha value is -2.00. The van der Waals surface area contributed by atoms with Crippen LogP contribution in [-0.2, 0) is 13.2 Å². The van der Waals surface area contributed by atoms with Crippen LogP contribution in [0.4, 0.5) is 0 Å². The standard InChI is InChI=1S/C24H35NO2/c1-18-10-8-9-11-20(18)16-27-21-13-12-19(14-22(21)26-7)15-25-24(5,6)17-23(2,3)4/h8-14,25H,15-17H2,1-7H3. The second-order valence-electron chi connectivity index (χ2n) is 9.18. The van der Waals surface area contributed by atoms with Gasteiger partial charge in [0.15, 0.2) is 11.5 Å². The van der Waals surface area contributed by atoms with Gasteiger partial charge in [0, 0.05) is 12.1 Å². The van der Waals surface area contributed by atoms with Crippen molar-refractivity contribution in [2.75, 3.05) is 7.11 Å². The lowest BCUT2D eigenvalue weighted by atomic mass is 9.82. The van der Waals surface area contributed by atoms with Gasteiger partial charge in [-0.05, 0) is 61.4 Å². The molecule has 2 aromatic rings. The summed E-state index contributed by atoms with van der Waals surface area (Å²) < 4.78 is 11.6. The van der Waals surface area contributed by atoms with Crippen LogP contribution in [0.25, 0.3) is 0 Å². The Kier molecular flexibility index (Phi) is 6.94. The van der Waals surface area contributed by atoms with Crippen LogP contribution >= 0.6 is 0 Å². The van der Waals surface area contributed by atoms with Gasteiger partial charge in [-0.15, -0.1) is 0 Å². The Morgan fingerprint density at radius 3 is 2.26 bits per heavy atom. The first-order chi connectivity index (χ1) is 12.6. The fourth-order valence-corrected chi connectivity index (χ4v) is 3.60. The molecule has 0 atom stereocenters. The van der Waals surface area contributed by atoms with Crippen molar-refractivity contribution in [2.24, 2.45) is 5.41 Å². The van der Waals surface area contributed by atoms with Crippen molar-refractivity contribution in [2.45, 2.75) is 66.7 Å². The largest absolute Gasteiger partial charge is 0.493 e. The molecule has 148 valence electrons. The maximum atomic E-state index is 6.02. The van der Waals surface area contributed by atoms with Crippen molar-refractivity contribution in [3.05, 3.63) is 59.2 Å². The lowest BCUT2D eigenvalue weighted by Gasteiger charge is -2.33. The van der Waals surface area contributed by atoms with E-state index in [4.69, 9.17) is 9.47 Å². The Morgan fingerprint density at radius 2 is 1.63 bits per heavy atom. The zero-order valence-corrected chi connectivity index (χ0v) is 18.0. The van der Waals surface area contributed by atoms with Crippen LogP contribution in [0.2, 0.25) is 0 Å². The number of benzene rings is 2. The zero-order valence-electron chi connectivity index (χ0n) is 18.0. The molecule has 0 aliphatic rings. The molecule has 0 heterocycles. The zero-order chi connectivity index (χ0) is 20.1. The van der Waals surface area contributed by atoms with Crippen LogP contribution < -0.4 is 14.8 Å². The van der Waals surface area contributed by atoms with E-state index < -0.39 is 0 Å². The SMILES string of the molecule is COc1cc(CNC(C)(C)CC(C)(C)C)ccc1OCc1ccccc1C. The van der Waals surface area contributed by atoms with Gasteiger partial charge in [0.2, 0.25) is 0 Å². The maximum absolute atomic E-state index is 6.02. The van der Waals surface area contributed by atoms with Crippen molar-refractivity contribution < 1.29 is 9.47 Å². The van der Waals surface area contributed by atoms with Crippen LogP contribution in [0, 0.1) is 12.3 Å². The van der Waals surface area contributed by atoms with Crippen molar-refractivity contribution >= 4 is 0 Å². The minimum Gasteiger partial charge on any atom is -0.493 e. The van der Waals surface area contributed by atoms with Gasteiger partial charge >= 0.3 is 0 Å². The molecule has 2 aromatic carbocycles. The third-order valence-electron chi connectivity index (χ3n) is 4.62. The molecular formula is C24H35NO2. The normalized spacial score (nSPS) is 12.1. The highest BCUT2D eigenvalue weighted by atomic mass is 16.5. The first-order valence-corrected chi connectivity index (χ1v) is 9.69. The number of ether oxygens (including phenoxy) is 2. The molecule has 0 fully saturated rings. The molecule has 0 aliphatic carbocycles. The van der Waals surface area contributed by atoms with E-state index in [1.165, 1.54) is 16.7 Å². The van der Waals surface area contributed by atoms with E-state index in [2.05, 4.69) is 71.1 Å². The van der Waals surface area contributed by atoms with E-state index in [0.717, 1.165) is 24.5 Å². The molecule has 27 heavy (non-hydrogen) atoms. The van der Waals surface area contributed by atoms with Crippen LogP contribution in [0.5, 0.6) is 11.5 Å². The van der Waals surface area contributed by atoms with Gasteiger partial charge in [-0.2, -0.15) is 0 Å². The van der Waals surface area contributed by atoms with Gasteiger partial charge in [-0.25, -0.2) is 0 Å². The summed E-state index contributed by atoms with van der Waals surface area (Å²) >= 11 is 0. The third-order valence-corrected chi connectivity index (χ3v) is 4.62. The summed E-state index contributed by atoms with van der Waals surface area (Å²) in [5, 5.41) is 3.67. The van der Waals surface area contributed by atoms with Crippen LogP contribution in [0.15, 0.2) is 42.5 Å². The minimum absolute atomic E-state index is 0.0749. The van der Waals surface area contributed by atoms with E-state index in [-0.39, 0.29) is 5.54 Å². The first-order valence-electron chi connectivity index (χ1n) is 9.69. The second kappa shape index (κ2) is 8.79. The molecule has 0 amide bonds. The lowest BCUT2D eigenvalue weighted by Crippen LogP contribution is -2.41. The number of hydrogen-bond acceptors (Lipinski definition) is 3. The summed E-state index contributed by atoms with van der Waals surface area (Å²) in [6.45, 7) is 14.8. The Bertz CT molecular complexity index is 744. The maximum Gasteiger partial charge on any atom is 0.161 e. The summed E-state index contributed by atoms with van der Waals surface area (Å²) in [5.74, 6) is 1.55. The average molecular weight is 370 g/mol. The smallest absolute Gasteiger partial charge is 0.161 e.